The van der Waals surface area contributed by atoms with Gasteiger partial charge in [-0.3, -0.25) is 9.48 Å². The normalized spacial score (nSPS) is 15.1. The number of halogens is 1. The highest BCUT2D eigenvalue weighted by Gasteiger charge is 2.27. The maximum atomic E-state index is 12.6. The third kappa shape index (κ3) is 5.13. The molecule has 2 aromatic heterocycles. The monoisotopic (exact) mass is 405 g/mol. The zero-order valence-electron chi connectivity index (χ0n) is 16.0. The number of carbonyl (C=O) groups is 1. The van der Waals surface area contributed by atoms with Gasteiger partial charge >= 0.3 is 0 Å². The van der Waals surface area contributed by atoms with Crippen LogP contribution in [-0.2, 0) is 11.8 Å². The molecule has 9 nitrogen and oxygen atoms in total. The average Bonchev–Trinajstić information content (AvgIpc) is 3.11. The third-order valence-corrected chi connectivity index (χ3v) is 4.38. The number of aliphatic imine (C=N–C) groups is 1. The van der Waals surface area contributed by atoms with Crippen molar-refractivity contribution in [2.75, 3.05) is 44.2 Å². The number of piperazine rings is 1. The van der Waals surface area contributed by atoms with E-state index in [4.69, 9.17) is 16.3 Å². The van der Waals surface area contributed by atoms with Crippen LogP contribution in [-0.4, -0.2) is 70.9 Å². The van der Waals surface area contributed by atoms with Crippen LogP contribution in [0.2, 0.25) is 5.02 Å². The van der Waals surface area contributed by atoms with E-state index in [1.807, 2.05) is 25.1 Å². The topological polar surface area (TPSA) is 87.9 Å². The first kappa shape index (κ1) is 19.9. The Morgan fingerprint density at radius 2 is 2.21 bits per heavy atom. The van der Waals surface area contributed by atoms with Gasteiger partial charge in [0, 0.05) is 45.1 Å². The second-order valence-electron chi connectivity index (χ2n) is 6.24. The van der Waals surface area contributed by atoms with E-state index in [1.54, 1.807) is 27.9 Å². The molecule has 0 spiro atoms. The smallest absolute Gasteiger partial charge is 0.246 e. The maximum absolute atomic E-state index is 12.6. The summed E-state index contributed by atoms with van der Waals surface area (Å²) < 4.78 is 7.26. The van der Waals surface area contributed by atoms with Gasteiger partial charge in [0.2, 0.25) is 11.8 Å². The Morgan fingerprint density at radius 3 is 2.86 bits per heavy atom. The van der Waals surface area contributed by atoms with Crippen molar-refractivity contribution in [3.05, 3.63) is 35.7 Å². The summed E-state index contributed by atoms with van der Waals surface area (Å²) in [5.74, 6) is 1.23. The summed E-state index contributed by atoms with van der Waals surface area (Å²) in [7, 11) is 1.84. The molecule has 2 aromatic rings. The van der Waals surface area contributed by atoms with E-state index in [0.29, 0.717) is 43.1 Å². The third-order valence-electron chi connectivity index (χ3n) is 4.16. The van der Waals surface area contributed by atoms with Crippen LogP contribution in [0.4, 0.5) is 5.69 Å². The minimum atomic E-state index is 0.0199. The Labute approximate surface area is 169 Å². The molecule has 0 radical (unpaired) electrons. The predicted molar refractivity (Wildman–Crippen MR) is 108 cm³/mol. The van der Waals surface area contributed by atoms with Crippen molar-refractivity contribution in [1.29, 1.82) is 0 Å². The lowest BCUT2D eigenvalue weighted by atomic mass is 10.3. The quantitative estimate of drug-likeness (QED) is 0.441. The van der Waals surface area contributed by atoms with Crippen molar-refractivity contribution in [2.24, 2.45) is 12.0 Å². The molecule has 3 rings (SSSR count). The molecule has 1 aliphatic heterocycles. The van der Waals surface area contributed by atoms with Gasteiger partial charge in [-0.25, -0.2) is 9.98 Å². The molecule has 0 bridgehead atoms. The van der Waals surface area contributed by atoms with Crippen LogP contribution in [0, 0.1) is 0 Å². The lowest BCUT2D eigenvalue weighted by Crippen LogP contribution is -2.55. The van der Waals surface area contributed by atoms with Crippen LogP contribution in [0.3, 0.4) is 0 Å². The SMILES string of the molecule is CCNC(=NCCOc1ccc(Cl)cn1)N1CCN(c2cnn(C)c2)C(=O)C1. The number of aromatic nitrogens is 3. The Balaban J connectivity index is 1.55. The number of nitrogens with zero attached hydrogens (tertiary/aromatic N) is 6. The van der Waals surface area contributed by atoms with Crippen LogP contribution < -0.4 is 15.0 Å². The first-order chi connectivity index (χ1) is 13.6. The van der Waals surface area contributed by atoms with Gasteiger partial charge in [0.15, 0.2) is 5.96 Å². The van der Waals surface area contributed by atoms with Gasteiger partial charge in [-0.05, 0) is 13.0 Å². The van der Waals surface area contributed by atoms with Crippen LogP contribution in [0.15, 0.2) is 35.7 Å². The molecule has 1 fully saturated rings. The number of guanidine groups is 1. The number of anilines is 1. The van der Waals surface area contributed by atoms with Gasteiger partial charge in [-0.2, -0.15) is 5.10 Å². The van der Waals surface area contributed by atoms with E-state index in [0.717, 1.165) is 12.2 Å². The van der Waals surface area contributed by atoms with E-state index in [2.05, 4.69) is 20.4 Å². The molecular formula is C18H24ClN7O2. The zero-order chi connectivity index (χ0) is 19.9. The van der Waals surface area contributed by atoms with E-state index >= 15 is 0 Å². The Bertz CT molecular complexity index is 822. The predicted octanol–water partition coefficient (Wildman–Crippen LogP) is 1.16. The molecule has 0 aliphatic carbocycles. The van der Waals surface area contributed by atoms with Crippen molar-refractivity contribution < 1.29 is 9.53 Å². The summed E-state index contributed by atoms with van der Waals surface area (Å²) in [5, 5.41) is 7.94. The van der Waals surface area contributed by atoms with E-state index in [-0.39, 0.29) is 12.5 Å². The number of hydrogen-bond donors (Lipinski definition) is 1. The number of rotatable bonds is 6. The molecule has 0 unspecified atom stereocenters. The van der Waals surface area contributed by atoms with Gasteiger partial charge in [-0.1, -0.05) is 11.6 Å². The molecule has 0 atom stereocenters. The molecular weight excluding hydrogens is 382 g/mol. The number of amides is 1. The number of carbonyl (C=O) groups excluding carboxylic acids is 1. The van der Waals surface area contributed by atoms with Gasteiger partial charge in [-0.15, -0.1) is 0 Å². The first-order valence-electron chi connectivity index (χ1n) is 9.13. The Morgan fingerprint density at radius 1 is 1.36 bits per heavy atom. The standard InChI is InChI=1S/C18H24ClN7O2/c1-3-20-18(21-6-9-28-16-5-4-14(19)10-22-16)25-7-8-26(17(27)13-25)15-11-23-24(2)12-15/h4-5,10-12H,3,6-9,13H2,1-2H3,(H,20,21). The highest BCUT2D eigenvalue weighted by atomic mass is 35.5. The zero-order valence-corrected chi connectivity index (χ0v) is 16.8. The lowest BCUT2D eigenvalue weighted by Gasteiger charge is -2.35. The minimum Gasteiger partial charge on any atom is -0.476 e. The Hall–Kier alpha value is -2.81. The fraction of sp³-hybridized carbons (Fsp3) is 0.444. The van der Waals surface area contributed by atoms with Gasteiger partial charge in [0.1, 0.15) is 13.2 Å². The molecule has 1 aliphatic rings. The highest BCUT2D eigenvalue weighted by Crippen LogP contribution is 2.16. The number of hydrogen-bond acceptors (Lipinski definition) is 5. The number of aryl methyl sites for hydroxylation is 1. The second kappa shape index (κ2) is 9.41. The van der Waals surface area contributed by atoms with Crippen molar-refractivity contribution in [1.82, 2.24) is 25.0 Å². The van der Waals surface area contributed by atoms with Gasteiger partial charge in [0.25, 0.3) is 0 Å². The van der Waals surface area contributed by atoms with E-state index < -0.39 is 0 Å². The molecule has 10 heteroatoms. The largest absolute Gasteiger partial charge is 0.476 e. The van der Waals surface area contributed by atoms with Gasteiger partial charge < -0.3 is 19.9 Å². The molecule has 1 amide bonds. The molecule has 28 heavy (non-hydrogen) atoms. The average molecular weight is 406 g/mol. The fourth-order valence-corrected chi connectivity index (χ4v) is 2.96. The molecule has 0 aromatic carbocycles. The summed E-state index contributed by atoms with van der Waals surface area (Å²) in [6.07, 6.45) is 5.08. The van der Waals surface area contributed by atoms with Crippen LogP contribution in [0.5, 0.6) is 5.88 Å². The van der Waals surface area contributed by atoms with Crippen molar-refractivity contribution in [2.45, 2.75) is 6.92 Å². The maximum Gasteiger partial charge on any atom is 0.246 e. The number of ether oxygens (including phenoxy) is 1. The van der Waals surface area contributed by atoms with Crippen LogP contribution in [0.1, 0.15) is 6.92 Å². The molecule has 3 heterocycles. The van der Waals surface area contributed by atoms with Crippen molar-refractivity contribution >= 4 is 29.2 Å². The number of nitrogens with one attached hydrogen (secondary N) is 1. The molecule has 150 valence electrons. The summed E-state index contributed by atoms with van der Waals surface area (Å²) in [4.78, 5) is 25.0. The van der Waals surface area contributed by atoms with E-state index in [9.17, 15) is 4.79 Å². The van der Waals surface area contributed by atoms with Crippen molar-refractivity contribution in [3.63, 3.8) is 0 Å². The summed E-state index contributed by atoms with van der Waals surface area (Å²) >= 11 is 5.81. The van der Waals surface area contributed by atoms with Crippen molar-refractivity contribution in [3.8, 4) is 5.88 Å². The van der Waals surface area contributed by atoms with Crippen LogP contribution in [0.25, 0.3) is 0 Å². The minimum absolute atomic E-state index is 0.0199. The summed E-state index contributed by atoms with van der Waals surface area (Å²) in [6, 6.07) is 3.44. The summed E-state index contributed by atoms with van der Waals surface area (Å²) in [5.41, 5.74) is 0.818. The first-order valence-corrected chi connectivity index (χ1v) is 9.51. The lowest BCUT2D eigenvalue weighted by molar-refractivity contribution is -0.120. The van der Waals surface area contributed by atoms with E-state index in [1.165, 1.54) is 6.20 Å². The second-order valence-corrected chi connectivity index (χ2v) is 6.67. The molecule has 0 saturated carbocycles. The van der Waals surface area contributed by atoms with Gasteiger partial charge in [0.05, 0.1) is 23.5 Å². The molecule has 1 saturated heterocycles. The fourth-order valence-electron chi connectivity index (χ4n) is 2.85. The number of pyridine rings is 1. The highest BCUT2D eigenvalue weighted by molar-refractivity contribution is 6.30. The van der Waals surface area contributed by atoms with Crippen LogP contribution >= 0.6 is 11.6 Å². The summed E-state index contributed by atoms with van der Waals surface area (Å²) in [6.45, 7) is 5.08. The molecule has 1 N–H and O–H groups in total. The Kier molecular flexibility index (Phi) is 6.70.